The van der Waals surface area contributed by atoms with Gasteiger partial charge in [0, 0.05) is 12.1 Å². The molecule has 2 atom stereocenters. The normalized spacial score (nSPS) is 13.7. The monoisotopic (exact) mass is 288 g/mol. The van der Waals surface area contributed by atoms with Crippen molar-refractivity contribution in [2.45, 2.75) is 59.0 Å². The van der Waals surface area contributed by atoms with E-state index in [-0.39, 0.29) is 6.61 Å². The van der Waals surface area contributed by atoms with E-state index in [2.05, 4.69) is 45.1 Å². The average molecular weight is 288 g/mol. The summed E-state index contributed by atoms with van der Waals surface area (Å²) in [6, 6.07) is 10.8. The van der Waals surface area contributed by atoms with E-state index in [4.69, 9.17) is 10.00 Å². The summed E-state index contributed by atoms with van der Waals surface area (Å²) in [5.41, 5.74) is 1.25. The van der Waals surface area contributed by atoms with Crippen molar-refractivity contribution >= 4 is 0 Å². The molecule has 0 amide bonds. The summed E-state index contributed by atoms with van der Waals surface area (Å²) >= 11 is 0. The Bertz CT molecular complexity index is 434. The van der Waals surface area contributed by atoms with Crippen LogP contribution in [-0.4, -0.2) is 12.6 Å². The van der Waals surface area contributed by atoms with Gasteiger partial charge in [0.1, 0.15) is 11.8 Å². The maximum atomic E-state index is 8.49. The smallest absolute Gasteiger partial charge is 0.174 e. The molecule has 2 unspecified atom stereocenters. The minimum atomic E-state index is 0.0973. The molecule has 0 saturated carbocycles. The van der Waals surface area contributed by atoms with Crippen LogP contribution in [0.25, 0.3) is 0 Å². The van der Waals surface area contributed by atoms with Crippen molar-refractivity contribution in [2.75, 3.05) is 6.61 Å². The molecule has 3 nitrogen and oxygen atoms in total. The third-order valence-electron chi connectivity index (χ3n) is 3.64. The van der Waals surface area contributed by atoms with E-state index >= 15 is 0 Å². The fraction of sp³-hybridized carbons (Fsp3) is 0.611. The second-order valence-corrected chi connectivity index (χ2v) is 6.13. The molecule has 0 radical (unpaired) electrons. The van der Waals surface area contributed by atoms with Crippen molar-refractivity contribution < 1.29 is 4.74 Å². The van der Waals surface area contributed by atoms with Crippen LogP contribution in [0.5, 0.6) is 5.75 Å². The Hall–Kier alpha value is -1.53. The summed E-state index contributed by atoms with van der Waals surface area (Å²) in [6.45, 7) is 9.08. The first-order valence-electron chi connectivity index (χ1n) is 7.88. The Morgan fingerprint density at radius 3 is 2.33 bits per heavy atom. The summed E-state index contributed by atoms with van der Waals surface area (Å²) in [5.74, 6) is 1.54. The van der Waals surface area contributed by atoms with E-state index < -0.39 is 0 Å². The minimum Gasteiger partial charge on any atom is -0.479 e. The summed E-state index contributed by atoms with van der Waals surface area (Å²) in [5, 5.41) is 12.1. The lowest BCUT2D eigenvalue weighted by Crippen LogP contribution is -2.28. The molecule has 21 heavy (non-hydrogen) atoms. The predicted molar refractivity (Wildman–Crippen MR) is 87.3 cm³/mol. The van der Waals surface area contributed by atoms with Gasteiger partial charge in [0.05, 0.1) is 0 Å². The molecule has 0 aliphatic rings. The van der Waals surface area contributed by atoms with E-state index in [1.807, 2.05) is 18.2 Å². The molecular formula is C18H28N2O. The lowest BCUT2D eigenvalue weighted by atomic mass is 10.0. The molecule has 0 saturated heterocycles. The van der Waals surface area contributed by atoms with Crippen molar-refractivity contribution in [1.29, 1.82) is 5.26 Å². The highest BCUT2D eigenvalue weighted by Crippen LogP contribution is 2.19. The van der Waals surface area contributed by atoms with Gasteiger partial charge >= 0.3 is 0 Å². The molecule has 0 spiro atoms. The van der Waals surface area contributed by atoms with Crippen LogP contribution in [-0.2, 0) is 0 Å². The molecule has 0 aliphatic carbocycles. The molecule has 3 heteroatoms. The lowest BCUT2D eigenvalue weighted by Gasteiger charge is -2.21. The van der Waals surface area contributed by atoms with Crippen LogP contribution >= 0.6 is 0 Å². The number of rotatable bonds is 9. The second-order valence-electron chi connectivity index (χ2n) is 6.13. The molecule has 116 valence electrons. The molecule has 0 bridgehead atoms. The van der Waals surface area contributed by atoms with Crippen molar-refractivity contribution in [3.8, 4) is 11.8 Å². The Morgan fingerprint density at radius 2 is 1.76 bits per heavy atom. The molecule has 0 fully saturated rings. The molecule has 1 rings (SSSR count). The van der Waals surface area contributed by atoms with Crippen LogP contribution in [0.2, 0.25) is 0 Å². The second kappa shape index (κ2) is 9.41. The van der Waals surface area contributed by atoms with Crippen LogP contribution in [0.1, 0.15) is 58.6 Å². The zero-order chi connectivity index (χ0) is 15.7. The molecule has 0 heterocycles. The number of nitriles is 1. The number of benzene rings is 1. The predicted octanol–water partition coefficient (Wildman–Crippen LogP) is 4.45. The van der Waals surface area contributed by atoms with E-state index in [1.54, 1.807) is 0 Å². The van der Waals surface area contributed by atoms with Gasteiger partial charge in [0.2, 0.25) is 0 Å². The standard InChI is InChI=1S/C18H28N2O/c1-14(2)6-5-7-15(3)20-16(4)17-8-10-18(11-9-17)21-13-12-19/h8-11,14-16,20H,5-7,13H2,1-4H3. The van der Waals surface area contributed by atoms with Crippen LogP contribution < -0.4 is 10.1 Å². The van der Waals surface area contributed by atoms with Crippen LogP contribution in [0.15, 0.2) is 24.3 Å². The fourth-order valence-corrected chi connectivity index (χ4v) is 2.41. The van der Waals surface area contributed by atoms with Crippen molar-refractivity contribution in [3.63, 3.8) is 0 Å². The van der Waals surface area contributed by atoms with Gasteiger partial charge in [0.15, 0.2) is 6.61 Å². The highest BCUT2D eigenvalue weighted by Gasteiger charge is 2.09. The van der Waals surface area contributed by atoms with E-state index in [1.165, 1.54) is 24.8 Å². The van der Waals surface area contributed by atoms with Crippen LogP contribution in [0.4, 0.5) is 0 Å². The first-order chi connectivity index (χ1) is 10.0. The van der Waals surface area contributed by atoms with E-state index in [0.29, 0.717) is 12.1 Å². The number of hydrogen-bond donors (Lipinski definition) is 1. The van der Waals surface area contributed by atoms with Gasteiger partial charge in [0.25, 0.3) is 0 Å². The van der Waals surface area contributed by atoms with E-state index in [9.17, 15) is 0 Å². The quantitative estimate of drug-likeness (QED) is 0.730. The van der Waals surface area contributed by atoms with Gasteiger partial charge in [-0.05, 0) is 43.9 Å². The van der Waals surface area contributed by atoms with Gasteiger partial charge in [-0.25, -0.2) is 0 Å². The van der Waals surface area contributed by atoms with Gasteiger partial charge in [-0.15, -0.1) is 0 Å². The molecule has 1 aromatic rings. The number of nitrogens with one attached hydrogen (secondary N) is 1. The maximum absolute atomic E-state index is 8.49. The Morgan fingerprint density at radius 1 is 1.10 bits per heavy atom. The summed E-state index contributed by atoms with van der Waals surface area (Å²) in [6.07, 6.45) is 3.79. The minimum absolute atomic E-state index is 0.0973. The highest BCUT2D eigenvalue weighted by atomic mass is 16.5. The van der Waals surface area contributed by atoms with Gasteiger partial charge < -0.3 is 10.1 Å². The zero-order valence-electron chi connectivity index (χ0n) is 13.7. The summed E-state index contributed by atoms with van der Waals surface area (Å²) in [7, 11) is 0. The summed E-state index contributed by atoms with van der Waals surface area (Å²) in [4.78, 5) is 0. The number of hydrogen-bond acceptors (Lipinski definition) is 3. The van der Waals surface area contributed by atoms with Gasteiger partial charge in [-0.3, -0.25) is 0 Å². The Balaban J connectivity index is 2.40. The average Bonchev–Trinajstić information content (AvgIpc) is 2.45. The zero-order valence-corrected chi connectivity index (χ0v) is 13.7. The first kappa shape index (κ1) is 17.5. The molecule has 0 aliphatic heterocycles. The van der Waals surface area contributed by atoms with Crippen LogP contribution in [0, 0.1) is 17.2 Å². The molecule has 1 N–H and O–H groups in total. The maximum Gasteiger partial charge on any atom is 0.174 e. The highest BCUT2D eigenvalue weighted by molar-refractivity contribution is 5.29. The van der Waals surface area contributed by atoms with Crippen molar-refractivity contribution in [2.24, 2.45) is 5.92 Å². The SMILES string of the molecule is CC(C)CCCC(C)NC(C)c1ccc(OCC#N)cc1. The first-order valence-corrected chi connectivity index (χ1v) is 7.88. The number of nitrogens with zero attached hydrogens (tertiary/aromatic N) is 1. The topological polar surface area (TPSA) is 45.0 Å². The third-order valence-corrected chi connectivity index (χ3v) is 3.64. The Kier molecular flexibility index (Phi) is 7.85. The molecule has 1 aromatic carbocycles. The van der Waals surface area contributed by atoms with Gasteiger partial charge in [-0.1, -0.05) is 38.8 Å². The third kappa shape index (κ3) is 7.15. The van der Waals surface area contributed by atoms with Crippen molar-refractivity contribution in [3.05, 3.63) is 29.8 Å². The molecule has 0 aromatic heterocycles. The lowest BCUT2D eigenvalue weighted by molar-refractivity contribution is 0.367. The van der Waals surface area contributed by atoms with E-state index in [0.717, 1.165) is 11.7 Å². The fourth-order valence-electron chi connectivity index (χ4n) is 2.41. The largest absolute Gasteiger partial charge is 0.479 e. The van der Waals surface area contributed by atoms with Crippen LogP contribution in [0.3, 0.4) is 0 Å². The van der Waals surface area contributed by atoms with Gasteiger partial charge in [-0.2, -0.15) is 5.26 Å². The number of ether oxygens (including phenoxy) is 1. The summed E-state index contributed by atoms with van der Waals surface area (Å²) < 4.78 is 5.26. The van der Waals surface area contributed by atoms with Crippen molar-refractivity contribution in [1.82, 2.24) is 5.32 Å². The molecular weight excluding hydrogens is 260 g/mol. The Labute approximate surface area is 129 Å².